The van der Waals surface area contributed by atoms with Crippen molar-refractivity contribution in [2.24, 2.45) is 0 Å². The van der Waals surface area contributed by atoms with Crippen LogP contribution in [0.25, 0.3) is 0 Å². The fourth-order valence-corrected chi connectivity index (χ4v) is 0. The van der Waals surface area contributed by atoms with E-state index in [0.29, 0.717) is 0 Å². The monoisotopic (exact) mass is 59.0 g/mol. The van der Waals surface area contributed by atoms with E-state index < -0.39 is 0 Å². The van der Waals surface area contributed by atoms with Crippen LogP contribution in [0.5, 0.6) is 0 Å². The van der Waals surface area contributed by atoms with Gasteiger partial charge in [0, 0.05) is 0 Å². The zero-order chi connectivity index (χ0) is 3.41. The molecule has 0 fully saturated rings. The van der Waals surface area contributed by atoms with Gasteiger partial charge in [-0.1, -0.05) is 0 Å². The molecule has 4 heavy (non-hydrogen) atoms. The lowest BCUT2D eigenvalue weighted by Gasteiger charge is -1.72. The van der Waals surface area contributed by atoms with Crippen LogP contribution in [0.1, 0.15) is 6.92 Å². The second kappa shape index (κ2) is 2.92. The molecule has 0 heterocycles. The van der Waals surface area contributed by atoms with E-state index in [-0.39, 0.29) is 0 Å². The molecule has 0 spiro atoms. The molecule has 0 saturated heterocycles. The van der Waals surface area contributed by atoms with Crippen LogP contribution in [0.2, 0.25) is 0 Å². The summed E-state index contributed by atoms with van der Waals surface area (Å²) < 4.78 is 0. The van der Waals surface area contributed by atoms with Crippen LogP contribution in [0.3, 0.4) is 0 Å². The fourth-order valence-electron chi connectivity index (χ4n) is 0. The van der Waals surface area contributed by atoms with E-state index in [1.807, 2.05) is 0 Å². The Morgan fingerprint density at radius 3 is 2.25 bits per heavy atom. The normalized spacial score (nSPS) is 7.50. The summed E-state index contributed by atoms with van der Waals surface area (Å²) in [5.74, 6) is 5.90. The molecule has 0 bridgehead atoms. The third-order valence-corrected chi connectivity index (χ3v) is 0.118. The molecule has 0 unspecified atom stereocenters. The first kappa shape index (κ1) is 3.92. The topological polar surface area (TPSA) is 33.0 Å². The van der Waals surface area contributed by atoms with E-state index >= 15 is 0 Å². The van der Waals surface area contributed by atoms with Crippen LogP contribution >= 0.6 is 0 Å². The van der Waals surface area contributed by atoms with Gasteiger partial charge in [-0.25, -0.2) is 0 Å². The molecule has 0 aliphatic carbocycles. The van der Waals surface area contributed by atoms with Gasteiger partial charge in [-0.3, -0.25) is 4.84 Å². The Balaban J connectivity index is 1.97. The van der Waals surface area contributed by atoms with Gasteiger partial charge in [0.1, 0.15) is 6.61 Å². The lowest BCUT2D eigenvalue weighted by Crippen LogP contribution is -1.70. The highest BCUT2D eigenvalue weighted by atomic mass is 16.6. The second-order valence-corrected chi connectivity index (χ2v) is 0.354. The van der Waals surface area contributed by atoms with Gasteiger partial charge in [-0.05, 0) is 6.92 Å². The minimum atomic E-state index is 1.29. The van der Waals surface area contributed by atoms with Crippen molar-refractivity contribution in [3.05, 3.63) is 6.61 Å². The average Bonchev–Trinajstić information content (AvgIpc) is 1.37. The Morgan fingerprint density at radius 1 is 2.00 bits per heavy atom. The quantitative estimate of drug-likeness (QED) is 0.402. The van der Waals surface area contributed by atoms with E-state index in [1.54, 1.807) is 6.92 Å². The molecule has 2 heteroatoms. The molecule has 0 aliphatic rings. The molecule has 0 aromatic heterocycles. The predicted molar refractivity (Wildman–Crippen MR) is 14.2 cm³/mol. The molecular weight excluding hydrogens is 54.0 g/mol. The van der Waals surface area contributed by atoms with Gasteiger partial charge in [0.2, 0.25) is 0 Å². The van der Waals surface area contributed by atoms with Gasteiger partial charge in [-0.15, -0.1) is 5.90 Å². The standard InChI is InChI=1S/C2H5NO/c1-2-4-3/h2-3H,1H3. The molecule has 0 aromatic rings. The summed E-state index contributed by atoms with van der Waals surface area (Å²) in [6.45, 7) is 2.94. The van der Waals surface area contributed by atoms with Gasteiger partial charge < -0.3 is 0 Å². The van der Waals surface area contributed by atoms with Crippen molar-refractivity contribution in [3.8, 4) is 0 Å². The van der Waals surface area contributed by atoms with Crippen LogP contribution in [-0.4, -0.2) is 0 Å². The smallest absolute Gasteiger partial charge is 0.106 e. The van der Waals surface area contributed by atoms with Crippen LogP contribution in [0.4, 0.5) is 0 Å². The number of hydrogen-bond acceptors (Lipinski definition) is 1. The van der Waals surface area contributed by atoms with Crippen LogP contribution < -0.4 is 5.90 Å². The van der Waals surface area contributed by atoms with Crippen molar-refractivity contribution in [1.82, 2.24) is 5.90 Å². The highest BCUT2D eigenvalue weighted by Gasteiger charge is 1.55. The summed E-state index contributed by atoms with van der Waals surface area (Å²) in [5.41, 5.74) is 0. The largest absolute Gasteiger partial charge is 0.279 e. The number of hydrogen-bond donors (Lipinski definition) is 0. The Bertz CT molecular complexity index is 8.00. The summed E-state index contributed by atoms with van der Waals surface area (Å²) in [6.07, 6.45) is 0. The van der Waals surface area contributed by atoms with Crippen molar-refractivity contribution in [1.29, 1.82) is 0 Å². The maximum Gasteiger partial charge on any atom is 0.106 e. The third-order valence-electron chi connectivity index (χ3n) is 0.118. The zero-order valence-corrected chi connectivity index (χ0v) is 2.49. The summed E-state index contributed by atoms with van der Waals surface area (Å²) in [7, 11) is 0. The molecule has 0 rings (SSSR count). The Labute approximate surface area is 25.5 Å². The lowest BCUT2D eigenvalue weighted by atomic mass is 10.9. The summed E-state index contributed by atoms with van der Waals surface area (Å²) in [4.78, 5) is 3.67. The third kappa shape index (κ3) is 1.92. The van der Waals surface area contributed by atoms with Gasteiger partial charge in [0.15, 0.2) is 0 Å². The Kier molecular flexibility index (Phi) is 2.86. The van der Waals surface area contributed by atoms with Crippen molar-refractivity contribution < 1.29 is 4.84 Å². The van der Waals surface area contributed by atoms with Gasteiger partial charge >= 0.3 is 0 Å². The van der Waals surface area contributed by atoms with E-state index in [1.165, 1.54) is 6.61 Å². The molecule has 0 saturated carbocycles. The first-order valence-corrected chi connectivity index (χ1v) is 1.02. The first-order valence-electron chi connectivity index (χ1n) is 1.02. The molecule has 0 aromatic carbocycles. The fraction of sp³-hybridized carbons (Fsp3) is 0.500. The molecule has 2 nitrogen and oxygen atoms in total. The van der Waals surface area contributed by atoms with Gasteiger partial charge in [0.05, 0.1) is 0 Å². The first-order chi connectivity index (χ1) is 1.91. The number of nitrogens with one attached hydrogen (secondary N) is 1. The van der Waals surface area contributed by atoms with Crippen molar-refractivity contribution >= 4 is 0 Å². The molecular formula is C2H5NO. The zero-order valence-electron chi connectivity index (χ0n) is 2.49. The van der Waals surface area contributed by atoms with Crippen LogP contribution in [-0.2, 0) is 4.84 Å². The average molecular weight is 59.1 g/mol. The summed E-state index contributed by atoms with van der Waals surface area (Å²) in [6, 6.07) is 0. The minimum absolute atomic E-state index is 1.29. The second-order valence-electron chi connectivity index (χ2n) is 0.354. The minimum Gasteiger partial charge on any atom is -0.279 e. The number of rotatable bonds is 1. The Morgan fingerprint density at radius 2 is 2.25 bits per heavy atom. The predicted octanol–water partition coefficient (Wildman–Crippen LogP) is 0.383. The van der Waals surface area contributed by atoms with Crippen LogP contribution in [0.15, 0.2) is 0 Å². The maximum absolute atomic E-state index is 5.90. The van der Waals surface area contributed by atoms with E-state index in [0.717, 1.165) is 0 Å². The molecule has 0 aliphatic heterocycles. The maximum atomic E-state index is 5.90. The SMILES string of the molecule is C[CH]O[NH]. The van der Waals surface area contributed by atoms with Crippen LogP contribution in [0, 0.1) is 6.61 Å². The van der Waals surface area contributed by atoms with E-state index in [4.69, 9.17) is 5.90 Å². The van der Waals surface area contributed by atoms with Gasteiger partial charge in [0.25, 0.3) is 0 Å². The van der Waals surface area contributed by atoms with Crippen molar-refractivity contribution in [3.63, 3.8) is 0 Å². The molecule has 0 amide bonds. The molecule has 1 N–H and O–H groups in total. The summed E-state index contributed by atoms with van der Waals surface area (Å²) in [5, 5.41) is 0. The van der Waals surface area contributed by atoms with Crippen molar-refractivity contribution in [2.75, 3.05) is 0 Å². The highest BCUT2D eigenvalue weighted by molar-refractivity contribution is 4.21. The van der Waals surface area contributed by atoms with Crippen molar-refractivity contribution in [2.45, 2.75) is 6.92 Å². The Hall–Kier alpha value is -0.0800. The molecule has 24 valence electrons. The highest BCUT2D eigenvalue weighted by Crippen LogP contribution is 1.61. The van der Waals surface area contributed by atoms with E-state index in [9.17, 15) is 0 Å². The molecule has 0 atom stereocenters. The van der Waals surface area contributed by atoms with Gasteiger partial charge in [-0.2, -0.15) is 0 Å². The van der Waals surface area contributed by atoms with E-state index in [2.05, 4.69) is 4.84 Å². The summed E-state index contributed by atoms with van der Waals surface area (Å²) >= 11 is 0. The molecule has 2 radical (unpaired) electrons. The lowest BCUT2D eigenvalue weighted by molar-refractivity contribution is 0.190.